The van der Waals surface area contributed by atoms with E-state index in [0.29, 0.717) is 5.75 Å². The Morgan fingerprint density at radius 1 is 1.12 bits per heavy atom. The molecule has 82 valence electrons. The van der Waals surface area contributed by atoms with Crippen molar-refractivity contribution < 1.29 is 5.11 Å². The highest BCUT2D eigenvalue weighted by Crippen LogP contribution is 2.31. The molecule has 0 aliphatic rings. The Kier molecular flexibility index (Phi) is 3.20. The van der Waals surface area contributed by atoms with E-state index in [2.05, 4.69) is 11.9 Å². The van der Waals surface area contributed by atoms with Gasteiger partial charge in [-0.2, -0.15) is 0 Å². The second-order valence-corrected chi connectivity index (χ2v) is 3.80. The minimum absolute atomic E-state index is 0.325. The standard InChI is InChI=1S/C14H15NO/c1-2-5-11-10-15-9-8-12(11)13-6-3-4-7-14(13)16/h3-4,6-10,16H,2,5H2,1H3. The predicted octanol–water partition coefficient (Wildman–Crippen LogP) is 3.41. The van der Waals surface area contributed by atoms with Crippen molar-refractivity contribution in [1.29, 1.82) is 0 Å². The molecule has 0 saturated heterocycles. The molecule has 2 rings (SSSR count). The predicted molar refractivity (Wildman–Crippen MR) is 65.3 cm³/mol. The number of rotatable bonds is 3. The first-order valence-corrected chi connectivity index (χ1v) is 5.54. The maximum atomic E-state index is 9.84. The lowest BCUT2D eigenvalue weighted by Gasteiger charge is -2.09. The van der Waals surface area contributed by atoms with Crippen molar-refractivity contribution in [2.24, 2.45) is 0 Å². The van der Waals surface area contributed by atoms with Crippen LogP contribution in [0.15, 0.2) is 42.7 Å². The molecule has 1 heterocycles. The number of aromatic hydroxyl groups is 1. The fraction of sp³-hybridized carbons (Fsp3) is 0.214. The summed E-state index contributed by atoms with van der Waals surface area (Å²) in [6.45, 7) is 2.14. The van der Waals surface area contributed by atoms with Crippen molar-refractivity contribution in [3.8, 4) is 16.9 Å². The Labute approximate surface area is 95.6 Å². The lowest BCUT2D eigenvalue weighted by molar-refractivity contribution is 0.477. The first-order chi connectivity index (χ1) is 7.83. The Hall–Kier alpha value is -1.83. The van der Waals surface area contributed by atoms with E-state index in [1.807, 2.05) is 30.5 Å². The van der Waals surface area contributed by atoms with Crippen molar-refractivity contribution in [3.05, 3.63) is 48.3 Å². The molecule has 0 unspecified atom stereocenters. The molecule has 0 aliphatic heterocycles. The summed E-state index contributed by atoms with van der Waals surface area (Å²) >= 11 is 0. The van der Waals surface area contributed by atoms with E-state index < -0.39 is 0 Å². The van der Waals surface area contributed by atoms with Gasteiger partial charge in [-0.1, -0.05) is 31.5 Å². The van der Waals surface area contributed by atoms with Gasteiger partial charge in [0, 0.05) is 18.0 Å². The van der Waals surface area contributed by atoms with Crippen molar-refractivity contribution in [2.75, 3.05) is 0 Å². The van der Waals surface area contributed by atoms with Gasteiger partial charge in [0.15, 0.2) is 0 Å². The highest BCUT2D eigenvalue weighted by molar-refractivity contribution is 5.72. The van der Waals surface area contributed by atoms with E-state index in [-0.39, 0.29) is 0 Å². The monoisotopic (exact) mass is 213 g/mol. The summed E-state index contributed by atoms with van der Waals surface area (Å²) in [7, 11) is 0. The minimum atomic E-state index is 0.325. The van der Waals surface area contributed by atoms with Crippen LogP contribution in [0.2, 0.25) is 0 Å². The maximum absolute atomic E-state index is 9.84. The summed E-state index contributed by atoms with van der Waals surface area (Å²) in [6.07, 6.45) is 5.70. The van der Waals surface area contributed by atoms with Crippen molar-refractivity contribution in [2.45, 2.75) is 19.8 Å². The van der Waals surface area contributed by atoms with Gasteiger partial charge in [-0.15, -0.1) is 0 Å². The van der Waals surface area contributed by atoms with Crippen LogP contribution >= 0.6 is 0 Å². The molecular formula is C14H15NO. The Bertz CT molecular complexity index is 480. The molecule has 0 bridgehead atoms. The van der Waals surface area contributed by atoms with Gasteiger partial charge >= 0.3 is 0 Å². The Morgan fingerprint density at radius 3 is 2.69 bits per heavy atom. The quantitative estimate of drug-likeness (QED) is 0.847. The molecule has 2 aromatic rings. The average Bonchev–Trinajstić information content (AvgIpc) is 2.31. The highest BCUT2D eigenvalue weighted by atomic mass is 16.3. The van der Waals surface area contributed by atoms with E-state index in [1.54, 1.807) is 12.3 Å². The molecule has 0 spiro atoms. The van der Waals surface area contributed by atoms with Gasteiger partial charge in [-0.3, -0.25) is 4.98 Å². The number of aryl methyl sites for hydroxylation is 1. The Balaban J connectivity index is 2.51. The fourth-order valence-electron chi connectivity index (χ4n) is 1.86. The number of phenols is 1. The topological polar surface area (TPSA) is 33.1 Å². The summed E-state index contributed by atoms with van der Waals surface area (Å²) in [5.41, 5.74) is 3.15. The third-order valence-electron chi connectivity index (χ3n) is 2.62. The van der Waals surface area contributed by atoms with Crippen molar-refractivity contribution in [3.63, 3.8) is 0 Å². The molecule has 0 radical (unpaired) electrons. The van der Waals surface area contributed by atoms with Gasteiger partial charge in [0.05, 0.1) is 0 Å². The zero-order valence-electron chi connectivity index (χ0n) is 9.35. The van der Waals surface area contributed by atoms with Crippen LogP contribution in [0.4, 0.5) is 0 Å². The second kappa shape index (κ2) is 4.79. The lowest BCUT2D eigenvalue weighted by atomic mass is 9.98. The summed E-state index contributed by atoms with van der Waals surface area (Å²) < 4.78 is 0. The van der Waals surface area contributed by atoms with Crippen molar-refractivity contribution in [1.82, 2.24) is 4.98 Å². The van der Waals surface area contributed by atoms with E-state index in [4.69, 9.17) is 0 Å². The first kappa shape index (κ1) is 10.7. The number of phenolic OH excluding ortho intramolecular Hbond substituents is 1. The van der Waals surface area contributed by atoms with E-state index >= 15 is 0 Å². The molecule has 0 aliphatic carbocycles. The molecule has 0 atom stereocenters. The highest BCUT2D eigenvalue weighted by Gasteiger charge is 2.07. The minimum Gasteiger partial charge on any atom is -0.507 e. The zero-order chi connectivity index (χ0) is 11.4. The number of pyridine rings is 1. The Morgan fingerprint density at radius 2 is 1.94 bits per heavy atom. The number of nitrogens with zero attached hydrogens (tertiary/aromatic N) is 1. The molecule has 0 amide bonds. The van der Waals surface area contributed by atoms with Gasteiger partial charge in [0.2, 0.25) is 0 Å². The second-order valence-electron chi connectivity index (χ2n) is 3.80. The molecular weight excluding hydrogens is 198 g/mol. The fourth-order valence-corrected chi connectivity index (χ4v) is 1.86. The average molecular weight is 213 g/mol. The zero-order valence-corrected chi connectivity index (χ0v) is 9.35. The third-order valence-corrected chi connectivity index (χ3v) is 2.62. The van der Waals surface area contributed by atoms with Gasteiger partial charge in [-0.25, -0.2) is 0 Å². The molecule has 16 heavy (non-hydrogen) atoms. The molecule has 1 N–H and O–H groups in total. The number of aromatic nitrogens is 1. The van der Waals surface area contributed by atoms with E-state index in [9.17, 15) is 5.11 Å². The summed E-state index contributed by atoms with van der Waals surface area (Å²) in [6, 6.07) is 9.38. The first-order valence-electron chi connectivity index (χ1n) is 5.54. The van der Waals surface area contributed by atoms with Gasteiger partial charge in [-0.05, 0) is 29.7 Å². The summed E-state index contributed by atoms with van der Waals surface area (Å²) in [5.74, 6) is 0.325. The third kappa shape index (κ3) is 2.06. The van der Waals surface area contributed by atoms with Crippen LogP contribution in [-0.4, -0.2) is 10.1 Å². The van der Waals surface area contributed by atoms with Crippen LogP contribution < -0.4 is 0 Å². The van der Waals surface area contributed by atoms with E-state index in [1.165, 1.54) is 5.56 Å². The molecule has 1 aromatic carbocycles. The number of para-hydroxylation sites is 1. The van der Waals surface area contributed by atoms with Crippen LogP contribution in [-0.2, 0) is 6.42 Å². The van der Waals surface area contributed by atoms with E-state index in [0.717, 1.165) is 24.0 Å². The SMILES string of the molecule is CCCc1cnccc1-c1ccccc1O. The maximum Gasteiger partial charge on any atom is 0.123 e. The number of benzene rings is 1. The van der Waals surface area contributed by atoms with Gasteiger partial charge in [0.1, 0.15) is 5.75 Å². The largest absolute Gasteiger partial charge is 0.507 e. The summed E-state index contributed by atoms with van der Waals surface area (Å²) in [5, 5.41) is 9.84. The molecule has 0 saturated carbocycles. The molecule has 0 fully saturated rings. The number of hydrogen-bond donors (Lipinski definition) is 1. The van der Waals surface area contributed by atoms with Crippen LogP contribution in [0.25, 0.3) is 11.1 Å². The van der Waals surface area contributed by atoms with Crippen LogP contribution in [0.3, 0.4) is 0 Å². The molecule has 2 nitrogen and oxygen atoms in total. The smallest absolute Gasteiger partial charge is 0.123 e. The number of hydrogen-bond acceptors (Lipinski definition) is 2. The van der Waals surface area contributed by atoms with Crippen LogP contribution in [0.1, 0.15) is 18.9 Å². The van der Waals surface area contributed by atoms with Crippen LogP contribution in [0.5, 0.6) is 5.75 Å². The normalized spacial score (nSPS) is 10.3. The summed E-state index contributed by atoms with van der Waals surface area (Å²) in [4.78, 5) is 4.14. The van der Waals surface area contributed by atoms with Gasteiger partial charge in [0.25, 0.3) is 0 Å². The van der Waals surface area contributed by atoms with Crippen LogP contribution in [0, 0.1) is 0 Å². The molecule has 1 aromatic heterocycles. The molecule has 2 heteroatoms. The van der Waals surface area contributed by atoms with Crippen molar-refractivity contribution >= 4 is 0 Å². The lowest BCUT2D eigenvalue weighted by Crippen LogP contribution is -1.90. The van der Waals surface area contributed by atoms with Gasteiger partial charge < -0.3 is 5.11 Å².